The van der Waals surface area contributed by atoms with Crippen LogP contribution in [0.2, 0.25) is 5.02 Å². The van der Waals surface area contributed by atoms with Crippen LogP contribution in [0.1, 0.15) is 25.0 Å². The summed E-state index contributed by atoms with van der Waals surface area (Å²) in [4.78, 5) is 13.6. The van der Waals surface area contributed by atoms with Gasteiger partial charge < -0.3 is 20.4 Å². The van der Waals surface area contributed by atoms with E-state index in [1.54, 1.807) is 12.1 Å². The molecule has 0 aromatic heterocycles. The number of carbonyl (C=O) groups is 1. The molecule has 0 bridgehead atoms. The molecule has 3 atom stereocenters. The van der Waals surface area contributed by atoms with Crippen LogP contribution in [0.3, 0.4) is 0 Å². The number of benzene rings is 1. The number of nitrogens with zero attached hydrogens (tertiary/aromatic N) is 1. The molecule has 1 saturated heterocycles. The Morgan fingerprint density at radius 1 is 1.50 bits per heavy atom. The molecule has 0 saturated carbocycles. The zero-order chi connectivity index (χ0) is 14.4. The quantitative estimate of drug-likeness (QED) is 0.774. The molecule has 5 nitrogen and oxygen atoms in total. The van der Waals surface area contributed by atoms with Gasteiger partial charge in [0.2, 0.25) is 0 Å². The molecule has 2 heterocycles. The van der Waals surface area contributed by atoms with Gasteiger partial charge in [-0.1, -0.05) is 18.5 Å². The van der Waals surface area contributed by atoms with Gasteiger partial charge in [-0.25, -0.2) is 0 Å². The van der Waals surface area contributed by atoms with Crippen molar-refractivity contribution in [2.24, 2.45) is 5.92 Å². The summed E-state index contributed by atoms with van der Waals surface area (Å²) >= 11 is 6.30. The number of rotatable bonds is 2. The lowest BCUT2D eigenvalue weighted by Gasteiger charge is -2.28. The minimum absolute atomic E-state index is 0.0348. The maximum Gasteiger partial charge on any atom is 0.257 e. The first kappa shape index (κ1) is 13.7. The van der Waals surface area contributed by atoms with Crippen LogP contribution in [0.25, 0.3) is 0 Å². The number of fused-ring (bicyclic) bond motifs is 1. The first-order chi connectivity index (χ1) is 9.52. The third kappa shape index (κ3) is 1.97. The maximum atomic E-state index is 11.5. The monoisotopic (exact) mass is 296 g/mol. The Morgan fingerprint density at radius 2 is 2.25 bits per heavy atom. The number of carbonyl (C=O) groups excluding carboxylic acids is 1. The molecule has 3 rings (SSSR count). The van der Waals surface area contributed by atoms with Crippen molar-refractivity contribution < 1.29 is 15.0 Å². The molecule has 2 aliphatic heterocycles. The Labute approximate surface area is 122 Å². The number of anilines is 2. The van der Waals surface area contributed by atoms with Crippen LogP contribution in [0.15, 0.2) is 12.1 Å². The molecule has 0 aliphatic carbocycles. The number of hydrogen-bond donors (Lipinski definition) is 3. The van der Waals surface area contributed by atoms with Gasteiger partial charge in [-0.15, -0.1) is 0 Å². The summed E-state index contributed by atoms with van der Waals surface area (Å²) in [5.41, 5.74) is 1.90. The SMILES string of the molecule is CC1CCN(c2cc3c(cc2Cl)C(O)C(=O)N3)C1CO. The van der Waals surface area contributed by atoms with Crippen molar-refractivity contribution in [2.75, 3.05) is 23.4 Å². The van der Waals surface area contributed by atoms with E-state index in [1.807, 2.05) is 0 Å². The van der Waals surface area contributed by atoms with Gasteiger partial charge in [-0.2, -0.15) is 0 Å². The second-order valence-electron chi connectivity index (χ2n) is 5.49. The Kier molecular flexibility index (Phi) is 3.36. The highest BCUT2D eigenvalue weighted by molar-refractivity contribution is 6.33. The number of aliphatic hydroxyl groups excluding tert-OH is 2. The lowest BCUT2D eigenvalue weighted by atomic mass is 10.0. The predicted octanol–water partition coefficient (Wildman–Crippen LogP) is 1.53. The lowest BCUT2D eigenvalue weighted by molar-refractivity contribution is -0.123. The molecule has 3 N–H and O–H groups in total. The van der Waals surface area contributed by atoms with E-state index >= 15 is 0 Å². The molecule has 1 amide bonds. The van der Waals surface area contributed by atoms with E-state index in [-0.39, 0.29) is 12.6 Å². The smallest absolute Gasteiger partial charge is 0.257 e. The predicted molar refractivity (Wildman–Crippen MR) is 77.0 cm³/mol. The summed E-state index contributed by atoms with van der Waals surface area (Å²) in [6.45, 7) is 3.00. The van der Waals surface area contributed by atoms with Gasteiger partial charge >= 0.3 is 0 Å². The Balaban J connectivity index is 2.00. The molecule has 1 aromatic rings. The topological polar surface area (TPSA) is 72.8 Å². The fourth-order valence-electron chi connectivity index (χ4n) is 3.06. The van der Waals surface area contributed by atoms with Crippen molar-refractivity contribution in [1.29, 1.82) is 0 Å². The van der Waals surface area contributed by atoms with E-state index in [9.17, 15) is 15.0 Å². The zero-order valence-electron chi connectivity index (χ0n) is 11.1. The van der Waals surface area contributed by atoms with Gasteiger partial charge in [0.05, 0.1) is 23.4 Å². The third-order valence-electron chi connectivity index (χ3n) is 4.30. The van der Waals surface area contributed by atoms with Gasteiger partial charge in [-0.3, -0.25) is 4.79 Å². The summed E-state index contributed by atoms with van der Waals surface area (Å²) in [6, 6.07) is 3.45. The molecule has 3 unspecified atom stereocenters. The minimum Gasteiger partial charge on any atom is -0.394 e. The number of hydrogen-bond acceptors (Lipinski definition) is 4. The fraction of sp³-hybridized carbons (Fsp3) is 0.500. The standard InChI is InChI=1S/C14H17ClN2O3/c1-7-2-3-17(12(7)6-18)11-5-10-8(4-9(11)15)13(19)14(20)16-10/h4-5,7,12-13,18-19H,2-3,6H2,1H3,(H,16,20). The second-order valence-corrected chi connectivity index (χ2v) is 5.90. The molecule has 0 radical (unpaired) electrons. The first-order valence-electron chi connectivity index (χ1n) is 6.72. The maximum absolute atomic E-state index is 11.5. The average Bonchev–Trinajstić information content (AvgIpc) is 2.91. The summed E-state index contributed by atoms with van der Waals surface area (Å²) in [6.07, 6.45) is -0.157. The summed E-state index contributed by atoms with van der Waals surface area (Å²) in [7, 11) is 0. The molecule has 6 heteroatoms. The third-order valence-corrected chi connectivity index (χ3v) is 4.60. The largest absolute Gasteiger partial charge is 0.394 e. The Bertz CT molecular complexity index is 564. The van der Waals surface area contributed by atoms with Crippen LogP contribution in [-0.4, -0.2) is 35.3 Å². The van der Waals surface area contributed by atoms with Gasteiger partial charge in [0.1, 0.15) is 0 Å². The molecule has 108 valence electrons. The van der Waals surface area contributed by atoms with Crippen LogP contribution in [0, 0.1) is 5.92 Å². The number of halogens is 1. The highest BCUT2D eigenvalue weighted by Gasteiger charge is 2.34. The summed E-state index contributed by atoms with van der Waals surface area (Å²) < 4.78 is 0. The molecular formula is C14H17ClN2O3. The number of nitrogens with one attached hydrogen (secondary N) is 1. The van der Waals surface area contributed by atoms with E-state index < -0.39 is 12.0 Å². The molecular weight excluding hydrogens is 280 g/mol. The van der Waals surface area contributed by atoms with Crippen LogP contribution < -0.4 is 10.2 Å². The van der Waals surface area contributed by atoms with Crippen molar-refractivity contribution in [2.45, 2.75) is 25.5 Å². The minimum atomic E-state index is -1.15. The van der Waals surface area contributed by atoms with Crippen molar-refractivity contribution in [3.05, 3.63) is 22.7 Å². The van der Waals surface area contributed by atoms with Gasteiger partial charge in [0, 0.05) is 17.8 Å². The van der Waals surface area contributed by atoms with Gasteiger partial charge in [0.25, 0.3) is 5.91 Å². The van der Waals surface area contributed by atoms with Gasteiger partial charge in [0.15, 0.2) is 6.10 Å². The normalized spacial score (nSPS) is 28.7. The van der Waals surface area contributed by atoms with E-state index in [0.29, 0.717) is 22.2 Å². The van der Waals surface area contributed by atoms with Crippen molar-refractivity contribution >= 4 is 28.9 Å². The highest BCUT2D eigenvalue weighted by Crippen LogP contribution is 2.41. The Hall–Kier alpha value is -1.30. The molecule has 0 spiro atoms. The van der Waals surface area contributed by atoms with Crippen molar-refractivity contribution in [1.82, 2.24) is 0 Å². The zero-order valence-corrected chi connectivity index (χ0v) is 11.9. The number of amides is 1. The molecule has 2 aliphatic rings. The molecule has 1 aromatic carbocycles. The Morgan fingerprint density at radius 3 is 2.95 bits per heavy atom. The fourth-order valence-corrected chi connectivity index (χ4v) is 3.34. The molecule has 20 heavy (non-hydrogen) atoms. The average molecular weight is 297 g/mol. The van der Waals surface area contributed by atoms with E-state index in [0.717, 1.165) is 18.7 Å². The lowest BCUT2D eigenvalue weighted by Crippen LogP contribution is -2.35. The van der Waals surface area contributed by atoms with Crippen LogP contribution in [0.5, 0.6) is 0 Å². The van der Waals surface area contributed by atoms with E-state index in [4.69, 9.17) is 11.6 Å². The molecule has 1 fully saturated rings. The van der Waals surface area contributed by atoms with E-state index in [2.05, 4.69) is 17.1 Å². The van der Waals surface area contributed by atoms with Crippen LogP contribution in [0.4, 0.5) is 11.4 Å². The summed E-state index contributed by atoms with van der Waals surface area (Å²) in [5.74, 6) is -0.0359. The van der Waals surface area contributed by atoms with Crippen molar-refractivity contribution in [3.8, 4) is 0 Å². The second kappa shape index (κ2) is 4.91. The summed E-state index contributed by atoms with van der Waals surface area (Å²) in [5, 5.41) is 22.4. The first-order valence-corrected chi connectivity index (χ1v) is 7.10. The van der Waals surface area contributed by atoms with Gasteiger partial charge in [-0.05, 0) is 24.5 Å². The van der Waals surface area contributed by atoms with Crippen LogP contribution >= 0.6 is 11.6 Å². The van der Waals surface area contributed by atoms with Crippen LogP contribution in [-0.2, 0) is 4.79 Å². The van der Waals surface area contributed by atoms with E-state index in [1.165, 1.54) is 0 Å². The number of aliphatic hydroxyl groups is 2. The highest BCUT2D eigenvalue weighted by atomic mass is 35.5. The van der Waals surface area contributed by atoms with Crippen molar-refractivity contribution in [3.63, 3.8) is 0 Å².